The van der Waals surface area contributed by atoms with Crippen LogP contribution in [0.5, 0.6) is 17.2 Å². The molecule has 0 atom stereocenters. The SMILES string of the molecule is C=C(C)C(=O)OCCCOc1ccc(-c2ccc(OC(=O)C(=C)C)cc2)c(OCCOC(=O)C(=C)C)c1. The molecule has 2 aromatic rings. The van der Waals surface area contributed by atoms with Crippen LogP contribution in [-0.4, -0.2) is 44.3 Å². The Labute approximate surface area is 217 Å². The minimum Gasteiger partial charge on any atom is -0.493 e. The summed E-state index contributed by atoms with van der Waals surface area (Å²) in [7, 11) is 0. The van der Waals surface area contributed by atoms with E-state index < -0.39 is 17.9 Å². The Morgan fingerprint density at radius 1 is 0.649 bits per heavy atom. The third-order valence-electron chi connectivity index (χ3n) is 4.74. The van der Waals surface area contributed by atoms with Crippen LogP contribution in [0.25, 0.3) is 11.1 Å². The highest BCUT2D eigenvalue weighted by atomic mass is 16.6. The van der Waals surface area contributed by atoms with Gasteiger partial charge >= 0.3 is 17.9 Å². The van der Waals surface area contributed by atoms with Crippen LogP contribution in [0.2, 0.25) is 0 Å². The van der Waals surface area contributed by atoms with Crippen molar-refractivity contribution in [1.29, 1.82) is 0 Å². The van der Waals surface area contributed by atoms with Gasteiger partial charge in [0.05, 0.1) is 13.2 Å². The molecule has 0 fully saturated rings. The molecule has 0 heterocycles. The van der Waals surface area contributed by atoms with Crippen LogP contribution >= 0.6 is 0 Å². The van der Waals surface area contributed by atoms with Crippen LogP contribution in [0.15, 0.2) is 78.9 Å². The second-order valence-corrected chi connectivity index (χ2v) is 8.24. The van der Waals surface area contributed by atoms with E-state index in [0.29, 0.717) is 47.0 Å². The highest BCUT2D eigenvalue weighted by molar-refractivity contribution is 5.89. The average molecular weight is 509 g/mol. The fraction of sp³-hybridized carbons (Fsp3) is 0.276. The van der Waals surface area contributed by atoms with Crippen molar-refractivity contribution in [1.82, 2.24) is 0 Å². The van der Waals surface area contributed by atoms with Gasteiger partial charge in [-0.2, -0.15) is 0 Å². The minimum atomic E-state index is -0.503. The van der Waals surface area contributed by atoms with Gasteiger partial charge in [0.2, 0.25) is 0 Å². The molecule has 196 valence electrons. The Morgan fingerprint density at radius 2 is 1.22 bits per heavy atom. The maximum absolute atomic E-state index is 11.8. The van der Waals surface area contributed by atoms with Crippen molar-refractivity contribution < 1.29 is 38.1 Å². The molecule has 2 rings (SSSR count). The fourth-order valence-electron chi connectivity index (χ4n) is 2.79. The Morgan fingerprint density at radius 3 is 1.81 bits per heavy atom. The first-order chi connectivity index (χ1) is 17.6. The summed E-state index contributed by atoms with van der Waals surface area (Å²) < 4.78 is 27.1. The molecule has 0 aliphatic carbocycles. The zero-order chi connectivity index (χ0) is 27.4. The first-order valence-corrected chi connectivity index (χ1v) is 11.6. The van der Waals surface area contributed by atoms with Gasteiger partial charge in [-0.3, -0.25) is 0 Å². The summed E-state index contributed by atoms with van der Waals surface area (Å²) in [5, 5.41) is 0. The number of esters is 3. The Hall–Kier alpha value is -4.33. The predicted octanol–water partition coefficient (Wildman–Crippen LogP) is 5.22. The van der Waals surface area contributed by atoms with Gasteiger partial charge in [0.25, 0.3) is 0 Å². The summed E-state index contributed by atoms with van der Waals surface area (Å²) in [4.78, 5) is 34.8. The highest BCUT2D eigenvalue weighted by Crippen LogP contribution is 2.34. The third-order valence-corrected chi connectivity index (χ3v) is 4.74. The third kappa shape index (κ3) is 9.68. The Kier molecular flexibility index (Phi) is 11.2. The van der Waals surface area contributed by atoms with Crippen molar-refractivity contribution in [3.8, 4) is 28.4 Å². The van der Waals surface area contributed by atoms with E-state index in [1.165, 1.54) is 0 Å². The van der Waals surface area contributed by atoms with Gasteiger partial charge in [0.15, 0.2) is 0 Å². The number of ether oxygens (including phenoxy) is 5. The van der Waals surface area contributed by atoms with Gasteiger partial charge in [-0.15, -0.1) is 0 Å². The lowest BCUT2D eigenvalue weighted by Gasteiger charge is -2.15. The zero-order valence-corrected chi connectivity index (χ0v) is 21.5. The summed E-state index contributed by atoms with van der Waals surface area (Å²) in [6.07, 6.45) is 0.498. The van der Waals surface area contributed by atoms with E-state index in [0.717, 1.165) is 11.1 Å². The maximum Gasteiger partial charge on any atom is 0.338 e. The standard InChI is InChI=1S/C29H32O8/c1-19(2)27(30)35-15-7-14-33-24-12-13-25(26(18-24)34-16-17-36-28(31)20(3)4)22-8-10-23(11-9-22)37-29(32)21(5)6/h8-13,18H,1,3,5,7,14-17H2,2,4,6H3. The molecule has 0 saturated heterocycles. The monoisotopic (exact) mass is 508 g/mol. The summed E-state index contributed by atoms with van der Waals surface area (Å²) in [5.41, 5.74) is 2.51. The normalized spacial score (nSPS) is 10.1. The molecule has 0 aliphatic heterocycles. The summed E-state index contributed by atoms with van der Waals surface area (Å²) >= 11 is 0. The average Bonchev–Trinajstić information content (AvgIpc) is 2.86. The molecule has 0 saturated carbocycles. The lowest BCUT2D eigenvalue weighted by atomic mass is 10.0. The number of benzene rings is 2. The molecule has 0 N–H and O–H groups in total. The molecule has 0 amide bonds. The molecule has 8 heteroatoms. The van der Waals surface area contributed by atoms with Gasteiger partial charge in [-0.1, -0.05) is 31.9 Å². The van der Waals surface area contributed by atoms with E-state index in [2.05, 4.69) is 19.7 Å². The van der Waals surface area contributed by atoms with Crippen molar-refractivity contribution in [2.75, 3.05) is 26.4 Å². The summed E-state index contributed by atoms with van der Waals surface area (Å²) in [6, 6.07) is 12.3. The molecule has 2 aromatic carbocycles. The first-order valence-electron chi connectivity index (χ1n) is 11.6. The molecule has 0 bridgehead atoms. The first kappa shape index (κ1) is 28.9. The largest absolute Gasteiger partial charge is 0.493 e. The van der Waals surface area contributed by atoms with Crippen LogP contribution < -0.4 is 14.2 Å². The molecular formula is C29H32O8. The van der Waals surface area contributed by atoms with Crippen molar-refractivity contribution in [2.24, 2.45) is 0 Å². The maximum atomic E-state index is 11.8. The fourth-order valence-corrected chi connectivity index (χ4v) is 2.79. The molecule has 0 spiro atoms. The second-order valence-electron chi connectivity index (χ2n) is 8.24. The molecule has 0 aliphatic rings. The quantitative estimate of drug-likeness (QED) is 0.148. The van der Waals surface area contributed by atoms with E-state index in [1.807, 2.05) is 6.07 Å². The highest BCUT2D eigenvalue weighted by Gasteiger charge is 2.12. The van der Waals surface area contributed by atoms with E-state index in [9.17, 15) is 14.4 Å². The number of hydrogen-bond donors (Lipinski definition) is 0. The van der Waals surface area contributed by atoms with Crippen LogP contribution in [0, 0.1) is 0 Å². The lowest BCUT2D eigenvalue weighted by Crippen LogP contribution is -2.13. The molecule has 8 nitrogen and oxygen atoms in total. The summed E-state index contributed by atoms with van der Waals surface area (Å²) in [5.74, 6) is 0.0105. The van der Waals surface area contributed by atoms with Gasteiger partial charge in [-0.25, -0.2) is 14.4 Å². The molecular weight excluding hydrogens is 476 g/mol. The van der Waals surface area contributed by atoms with E-state index in [4.69, 9.17) is 23.7 Å². The predicted molar refractivity (Wildman–Crippen MR) is 139 cm³/mol. The Bertz CT molecular complexity index is 1160. The van der Waals surface area contributed by atoms with E-state index in [-0.39, 0.29) is 19.8 Å². The van der Waals surface area contributed by atoms with Gasteiger partial charge in [0, 0.05) is 34.8 Å². The van der Waals surface area contributed by atoms with Crippen molar-refractivity contribution in [3.63, 3.8) is 0 Å². The molecule has 0 radical (unpaired) electrons. The van der Waals surface area contributed by atoms with Gasteiger partial charge in [-0.05, 0) is 50.6 Å². The lowest BCUT2D eigenvalue weighted by molar-refractivity contribution is -0.140. The number of hydrogen-bond acceptors (Lipinski definition) is 8. The Balaban J connectivity index is 2.11. The van der Waals surface area contributed by atoms with Gasteiger partial charge < -0.3 is 23.7 Å². The van der Waals surface area contributed by atoms with Crippen LogP contribution in [0.3, 0.4) is 0 Å². The minimum absolute atomic E-state index is 0.0418. The van der Waals surface area contributed by atoms with Crippen molar-refractivity contribution >= 4 is 17.9 Å². The smallest absolute Gasteiger partial charge is 0.338 e. The molecule has 37 heavy (non-hydrogen) atoms. The van der Waals surface area contributed by atoms with E-state index >= 15 is 0 Å². The van der Waals surface area contributed by atoms with Gasteiger partial charge in [0.1, 0.15) is 30.5 Å². The van der Waals surface area contributed by atoms with Crippen molar-refractivity contribution in [2.45, 2.75) is 27.2 Å². The topological polar surface area (TPSA) is 97.4 Å². The van der Waals surface area contributed by atoms with Crippen LogP contribution in [-0.2, 0) is 23.9 Å². The van der Waals surface area contributed by atoms with E-state index in [1.54, 1.807) is 57.2 Å². The molecule has 0 unspecified atom stereocenters. The second kappa shape index (κ2) is 14.3. The number of carbonyl (C=O) groups is 3. The zero-order valence-electron chi connectivity index (χ0n) is 21.5. The van der Waals surface area contributed by atoms with Crippen LogP contribution in [0.1, 0.15) is 27.2 Å². The molecule has 0 aromatic heterocycles. The van der Waals surface area contributed by atoms with Crippen molar-refractivity contribution in [3.05, 3.63) is 78.9 Å². The summed E-state index contributed by atoms with van der Waals surface area (Å²) in [6.45, 7) is 16.1. The van der Waals surface area contributed by atoms with Crippen LogP contribution in [0.4, 0.5) is 0 Å². The number of carbonyl (C=O) groups excluding carboxylic acids is 3. The number of rotatable bonds is 14.